The summed E-state index contributed by atoms with van der Waals surface area (Å²) in [5.41, 5.74) is 1.79. The molecule has 1 heterocycles. The zero-order valence-electron chi connectivity index (χ0n) is 14.3. The van der Waals surface area contributed by atoms with Crippen LogP contribution in [0.4, 0.5) is 0 Å². The van der Waals surface area contributed by atoms with Gasteiger partial charge in [-0.15, -0.1) is 11.8 Å². The first-order valence-corrected chi connectivity index (χ1v) is 9.50. The van der Waals surface area contributed by atoms with Crippen molar-refractivity contribution < 1.29 is 14.6 Å². The molecular weight excluding hydrogens is 334 g/mol. The summed E-state index contributed by atoms with van der Waals surface area (Å²) in [4.78, 5) is 15.9. The van der Waals surface area contributed by atoms with Crippen LogP contribution in [0.25, 0.3) is 0 Å². The number of hydrogen-bond donors (Lipinski definition) is 1. The van der Waals surface area contributed by atoms with Crippen LogP contribution in [0.3, 0.4) is 0 Å². The van der Waals surface area contributed by atoms with E-state index in [1.165, 1.54) is 11.8 Å². The molecule has 25 heavy (non-hydrogen) atoms. The number of nitrogens with zero attached hydrogens (tertiary/aromatic N) is 1. The summed E-state index contributed by atoms with van der Waals surface area (Å²) in [7, 11) is 0. The Morgan fingerprint density at radius 1 is 1.16 bits per heavy atom. The normalized spacial score (nSPS) is 20.5. The number of rotatable bonds is 5. The predicted molar refractivity (Wildman–Crippen MR) is 99.9 cm³/mol. The minimum absolute atomic E-state index is 0.0137. The standard InChI is InChI=1S/C20H23NO3S/c1-15-13-21(14-18(24-15)16-7-3-2-4-8-16)20(23)17-9-5-6-10-19(17)25-12-11-22/h2-10,15,18,22H,11-14H2,1H3/t15-,18-/m0/s1. The second-order valence-electron chi connectivity index (χ2n) is 6.12. The summed E-state index contributed by atoms with van der Waals surface area (Å²) in [5.74, 6) is 0.605. The minimum atomic E-state index is -0.105. The van der Waals surface area contributed by atoms with E-state index >= 15 is 0 Å². The van der Waals surface area contributed by atoms with Crippen molar-refractivity contribution in [2.45, 2.75) is 24.0 Å². The van der Waals surface area contributed by atoms with Crippen LogP contribution >= 0.6 is 11.8 Å². The van der Waals surface area contributed by atoms with E-state index < -0.39 is 0 Å². The highest BCUT2D eigenvalue weighted by atomic mass is 32.2. The Balaban J connectivity index is 1.80. The summed E-state index contributed by atoms with van der Waals surface area (Å²) in [6, 6.07) is 17.6. The molecule has 1 saturated heterocycles. The number of ether oxygens (including phenoxy) is 1. The van der Waals surface area contributed by atoms with Crippen LogP contribution in [0, 0.1) is 0 Å². The third-order valence-corrected chi connectivity index (χ3v) is 5.24. The third-order valence-electron chi connectivity index (χ3n) is 4.19. The maximum atomic E-state index is 13.1. The van der Waals surface area contributed by atoms with Crippen LogP contribution in [0.1, 0.15) is 28.9 Å². The number of amides is 1. The molecule has 1 fully saturated rings. The maximum absolute atomic E-state index is 13.1. The topological polar surface area (TPSA) is 49.8 Å². The van der Waals surface area contributed by atoms with Gasteiger partial charge in [0.25, 0.3) is 5.91 Å². The molecule has 0 spiro atoms. The predicted octanol–water partition coefficient (Wildman–Crippen LogP) is 3.37. The van der Waals surface area contributed by atoms with Crippen molar-refractivity contribution >= 4 is 17.7 Å². The van der Waals surface area contributed by atoms with E-state index in [9.17, 15) is 4.79 Å². The fraction of sp³-hybridized carbons (Fsp3) is 0.350. The van der Waals surface area contributed by atoms with E-state index in [0.29, 0.717) is 24.4 Å². The Hall–Kier alpha value is -1.82. The first-order valence-electron chi connectivity index (χ1n) is 8.51. The lowest BCUT2D eigenvalue weighted by molar-refractivity contribution is -0.0692. The number of thioether (sulfide) groups is 1. The molecule has 3 rings (SSSR count). The number of hydrogen-bond acceptors (Lipinski definition) is 4. The molecule has 2 atom stereocenters. The Morgan fingerprint density at radius 2 is 1.88 bits per heavy atom. The fourth-order valence-electron chi connectivity index (χ4n) is 3.06. The van der Waals surface area contributed by atoms with Gasteiger partial charge in [-0.25, -0.2) is 0 Å². The van der Waals surface area contributed by atoms with Gasteiger partial charge >= 0.3 is 0 Å². The van der Waals surface area contributed by atoms with Gasteiger partial charge in [0.05, 0.1) is 24.8 Å². The van der Waals surface area contributed by atoms with Gasteiger partial charge in [0, 0.05) is 17.2 Å². The van der Waals surface area contributed by atoms with Gasteiger partial charge in [-0.3, -0.25) is 4.79 Å². The number of aliphatic hydroxyl groups excluding tert-OH is 1. The molecule has 0 saturated carbocycles. The van der Waals surface area contributed by atoms with Crippen molar-refractivity contribution in [1.29, 1.82) is 0 Å². The maximum Gasteiger partial charge on any atom is 0.255 e. The summed E-state index contributed by atoms with van der Waals surface area (Å²) in [6.45, 7) is 3.23. The second kappa shape index (κ2) is 8.52. The average molecular weight is 357 g/mol. The highest BCUT2D eigenvalue weighted by Gasteiger charge is 2.30. The molecule has 132 valence electrons. The lowest BCUT2D eigenvalue weighted by Crippen LogP contribution is -2.46. The van der Waals surface area contributed by atoms with Crippen molar-refractivity contribution in [2.75, 3.05) is 25.4 Å². The molecule has 2 aromatic rings. The van der Waals surface area contributed by atoms with E-state index in [4.69, 9.17) is 9.84 Å². The van der Waals surface area contributed by atoms with E-state index in [1.807, 2.05) is 66.4 Å². The quantitative estimate of drug-likeness (QED) is 0.834. The van der Waals surface area contributed by atoms with Crippen LogP contribution in [-0.2, 0) is 4.74 Å². The SMILES string of the molecule is C[C@H]1CN(C(=O)c2ccccc2SCCO)C[C@@H](c2ccccc2)O1. The molecule has 0 radical (unpaired) electrons. The number of carbonyl (C=O) groups excluding carboxylic acids is 1. The van der Waals surface area contributed by atoms with Gasteiger partial charge in [-0.2, -0.15) is 0 Å². The lowest BCUT2D eigenvalue weighted by atomic mass is 10.1. The van der Waals surface area contributed by atoms with Gasteiger partial charge < -0.3 is 14.7 Å². The molecule has 4 nitrogen and oxygen atoms in total. The van der Waals surface area contributed by atoms with Crippen molar-refractivity contribution in [1.82, 2.24) is 4.90 Å². The van der Waals surface area contributed by atoms with E-state index in [1.54, 1.807) is 0 Å². The highest BCUT2D eigenvalue weighted by Crippen LogP contribution is 2.28. The Labute approximate surface area is 152 Å². The first kappa shape index (κ1) is 18.0. The summed E-state index contributed by atoms with van der Waals surface area (Å²) < 4.78 is 6.05. The molecule has 1 aliphatic heterocycles. The molecule has 0 unspecified atom stereocenters. The summed E-state index contributed by atoms with van der Waals surface area (Å²) in [6.07, 6.45) is -0.119. The van der Waals surface area contributed by atoms with E-state index in [-0.39, 0.29) is 24.7 Å². The van der Waals surface area contributed by atoms with Crippen molar-refractivity contribution in [3.63, 3.8) is 0 Å². The van der Waals surface area contributed by atoms with Crippen LogP contribution in [0.15, 0.2) is 59.5 Å². The van der Waals surface area contributed by atoms with Crippen molar-refractivity contribution in [2.24, 2.45) is 0 Å². The van der Waals surface area contributed by atoms with Crippen molar-refractivity contribution in [3.8, 4) is 0 Å². The molecule has 0 aromatic heterocycles. The molecule has 0 bridgehead atoms. The van der Waals surface area contributed by atoms with E-state index in [0.717, 1.165) is 10.5 Å². The highest BCUT2D eigenvalue weighted by molar-refractivity contribution is 7.99. The smallest absolute Gasteiger partial charge is 0.255 e. The minimum Gasteiger partial charge on any atom is -0.396 e. The van der Waals surface area contributed by atoms with Gasteiger partial charge in [0.2, 0.25) is 0 Å². The average Bonchev–Trinajstić information content (AvgIpc) is 2.66. The fourth-order valence-corrected chi connectivity index (χ4v) is 3.86. The second-order valence-corrected chi connectivity index (χ2v) is 7.26. The zero-order valence-corrected chi connectivity index (χ0v) is 15.1. The Kier molecular flexibility index (Phi) is 6.13. The molecule has 0 aliphatic carbocycles. The number of morpholine rings is 1. The zero-order chi connectivity index (χ0) is 17.6. The number of benzene rings is 2. The molecule has 5 heteroatoms. The monoisotopic (exact) mass is 357 g/mol. The van der Waals surface area contributed by atoms with Gasteiger partial charge in [0.15, 0.2) is 0 Å². The summed E-state index contributed by atoms with van der Waals surface area (Å²) in [5, 5.41) is 9.07. The van der Waals surface area contributed by atoms with Gasteiger partial charge in [0.1, 0.15) is 6.10 Å². The van der Waals surface area contributed by atoms with Gasteiger partial charge in [-0.1, -0.05) is 42.5 Å². The van der Waals surface area contributed by atoms with Crippen LogP contribution in [0.5, 0.6) is 0 Å². The lowest BCUT2D eigenvalue weighted by Gasteiger charge is -2.37. The molecule has 1 aliphatic rings. The number of carbonyl (C=O) groups is 1. The number of aliphatic hydroxyl groups is 1. The summed E-state index contributed by atoms with van der Waals surface area (Å²) >= 11 is 1.51. The Bertz CT molecular complexity index is 707. The first-order chi connectivity index (χ1) is 12.2. The molecular formula is C20H23NO3S. The van der Waals surface area contributed by atoms with E-state index in [2.05, 4.69) is 0 Å². The van der Waals surface area contributed by atoms with Crippen molar-refractivity contribution in [3.05, 3.63) is 65.7 Å². The molecule has 1 amide bonds. The van der Waals surface area contributed by atoms with Crippen LogP contribution < -0.4 is 0 Å². The third kappa shape index (κ3) is 4.42. The molecule has 1 N–H and O–H groups in total. The molecule has 2 aromatic carbocycles. The van der Waals surface area contributed by atoms with Crippen LogP contribution in [0.2, 0.25) is 0 Å². The van der Waals surface area contributed by atoms with Gasteiger partial charge in [-0.05, 0) is 24.6 Å². The largest absolute Gasteiger partial charge is 0.396 e. The van der Waals surface area contributed by atoms with Crippen LogP contribution in [-0.4, -0.2) is 47.5 Å². The Morgan fingerprint density at radius 3 is 2.64 bits per heavy atom.